The minimum absolute atomic E-state index is 0.0363. The molecule has 2 N–H and O–H groups in total. The number of hydrogen-bond acceptors (Lipinski definition) is 3. The fraction of sp³-hybridized carbons (Fsp3) is 0.375. The van der Waals surface area contributed by atoms with E-state index < -0.39 is 5.97 Å². The molecule has 1 saturated carbocycles. The Balaban J connectivity index is 2.01. The van der Waals surface area contributed by atoms with E-state index in [4.69, 9.17) is 5.11 Å². The number of carboxylic acid groups (broad SMARTS) is 1. The molecule has 1 amide bonds. The molecular weight excluding hydrogens is 268 g/mol. The maximum atomic E-state index is 11.8. The Bertz CT molecular complexity index is 577. The van der Waals surface area contributed by atoms with Gasteiger partial charge in [-0.2, -0.15) is 0 Å². The Morgan fingerprint density at radius 2 is 2.14 bits per heavy atom. The second-order valence-corrected chi connectivity index (χ2v) is 5.42. The van der Waals surface area contributed by atoms with Crippen molar-refractivity contribution in [2.45, 2.75) is 25.8 Å². The number of amides is 1. The lowest BCUT2D eigenvalue weighted by molar-refractivity contribution is -0.131. The molecule has 0 radical (unpaired) electrons. The van der Waals surface area contributed by atoms with Crippen LogP contribution in [0.3, 0.4) is 0 Å². The number of aryl methyl sites for hydroxylation is 1. The van der Waals surface area contributed by atoms with Gasteiger partial charge in [0.25, 0.3) is 0 Å². The summed E-state index contributed by atoms with van der Waals surface area (Å²) in [7, 11) is 1.88. The number of carbonyl (C=O) groups is 2. The van der Waals surface area contributed by atoms with Crippen molar-refractivity contribution in [2.75, 3.05) is 18.5 Å². The smallest absolute Gasteiger partial charge is 0.328 e. The first-order valence-electron chi connectivity index (χ1n) is 6.98. The molecule has 2 rings (SSSR count). The van der Waals surface area contributed by atoms with Crippen molar-refractivity contribution in [1.82, 2.24) is 5.32 Å². The molecule has 5 heteroatoms. The zero-order chi connectivity index (χ0) is 15.4. The second-order valence-electron chi connectivity index (χ2n) is 5.42. The molecule has 1 aliphatic rings. The van der Waals surface area contributed by atoms with E-state index in [1.807, 2.05) is 37.1 Å². The van der Waals surface area contributed by atoms with E-state index in [2.05, 4.69) is 5.32 Å². The Labute approximate surface area is 124 Å². The van der Waals surface area contributed by atoms with Gasteiger partial charge in [0.15, 0.2) is 0 Å². The quantitative estimate of drug-likeness (QED) is 0.783. The minimum Gasteiger partial charge on any atom is -0.478 e. The Morgan fingerprint density at radius 1 is 1.43 bits per heavy atom. The van der Waals surface area contributed by atoms with Gasteiger partial charge in [0.05, 0.1) is 6.54 Å². The van der Waals surface area contributed by atoms with Gasteiger partial charge in [-0.15, -0.1) is 0 Å². The summed E-state index contributed by atoms with van der Waals surface area (Å²) in [6.07, 6.45) is 4.83. The van der Waals surface area contributed by atoms with Crippen LogP contribution in [0.25, 0.3) is 6.08 Å². The number of benzene rings is 1. The van der Waals surface area contributed by atoms with Gasteiger partial charge in [-0.05, 0) is 49.1 Å². The molecule has 21 heavy (non-hydrogen) atoms. The van der Waals surface area contributed by atoms with E-state index in [9.17, 15) is 9.59 Å². The van der Waals surface area contributed by atoms with E-state index in [0.29, 0.717) is 12.6 Å². The van der Waals surface area contributed by atoms with Crippen LogP contribution >= 0.6 is 0 Å². The van der Waals surface area contributed by atoms with Crippen molar-refractivity contribution in [1.29, 1.82) is 0 Å². The summed E-state index contributed by atoms with van der Waals surface area (Å²) in [6, 6.07) is 6.03. The summed E-state index contributed by atoms with van der Waals surface area (Å²) in [6.45, 7) is 2.27. The number of hydrogen-bond donors (Lipinski definition) is 2. The van der Waals surface area contributed by atoms with Crippen molar-refractivity contribution in [3.05, 3.63) is 35.4 Å². The Hall–Kier alpha value is -2.30. The van der Waals surface area contributed by atoms with Crippen LogP contribution in [-0.2, 0) is 9.59 Å². The summed E-state index contributed by atoms with van der Waals surface area (Å²) in [4.78, 5) is 24.2. The second kappa shape index (κ2) is 6.43. The number of carbonyl (C=O) groups excluding carboxylic acids is 1. The molecule has 0 atom stereocenters. The highest BCUT2D eigenvalue weighted by molar-refractivity contribution is 5.85. The fourth-order valence-corrected chi connectivity index (χ4v) is 2.18. The number of anilines is 1. The van der Waals surface area contributed by atoms with E-state index in [1.165, 1.54) is 0 Å². The topological polar surface area (TPSA) is 69.6 Å². The number of likely N-dealkylation sites (N-methyl/N-ethyl adjacent to an activating group) is 1. The van der Waals surface area contributed by atoms with Crippen molar-refractivity contribution in [3.8, 4) is 0 Å². The number of nitrogens with zero attached hydrogens (tertiary/aromatic N) is 1. The van der Waals surface area contributed by atoms with Gasteiger partial charge in [0.2, 0.25) is 5.91 Å². The standard InChI is InChI=1S/C16H20N2O3/c1-11-9-12(4-8-16(20)21)3-7-14(11)18(2)10-15(19)17-13-5-6-13/h3-4,7-9,13H,5-6,10H2,1-2H3,(H,17,19)(H,20,21). The molecule has 112 valence electrons. The SMILES string of the molecule is Cc1cc(C=CC(=O)O)ccc1N(C)CC(=O)NC1CC1. The van der Waals surface area contributed by atoms with Crippen molar-refractivity contribution in [3.63, 3.8) is 0 Å². The third kappa shape index (κ3) is 4.63. The Morgan fingerprint density at radius 3 is 2.71 bits per heavy atom. The van der Waals surface area contributed by atoms with Crippen LogP contribution < -0.4 is 10.2 Å². The number of nitrogens with one attached hydrogen (secondary N) is 1. The van der Waals surface area contributed by atoms with Crippen LogP contribution in [0.2, 0.25) is 0 Å². The van der Waals surface area contributed by atoms with Gasteiger partial charge in [-0.3, -0.25) is 4.79 Å². The lowest BCUT2D eigenvalue weighted by Crippen LogP contribution is -2.36. The zero-order valence-electron chi connectivity index (χ0n) is 12.3. The third-order valence-corrected chi connectivity index (χ3v) is 3.37. The predicted octanol–water partition coefficient (Wildman–Crippen LogP) is 1.81. The first-order chi connectivity index (χ1) is 9.95. The van der Waals surface area contributed by atoms with Crippen molar-refractivity contribution >= 4 is 23.6 Å². The van der Waals surface area contributed by atoms with Crippen LogP contribution in [0.15, 0.2) is 24.3 Å². The minimum atomic E-state index is -0.967. The van der Waals surface area contributed by atoms with Gasteiger partial charge in [0, 0.05) is 24.9 Å². The van der Waals surface area contributed by atoms with Gasteiger partial charge in [-0.1, -0.05) is 6.07 Å². The summed E-state index contributed by atoms with van der Waals surface area (Å²) in [5, 5.41) is 11.6. The molecule has 0 unspecified atom stereocenters. The number of carboxylic acids is 1. The maximum absolute atomic E-state index is 11.8. The first-order valence-corrected chi connectivity index (χ1v) is 6.98. The molecule has 1 aromatic rings. The number of rotatable bonds is 6. The Kier molecular flexibility index (Phi) is 4.62. The third-order valence-electron chi connectivity index (χ3n) is 3.37. The molecular formula is C16H20N2O3. The molecule has 0 heterocycles. The normalized spacial score (nSPS) is 14.2. The molecule has 0 aromatic heterocycles. The highest BCUT2D eigenvalue weighted by Gasteiger charge is 2.23. The molecule has 0 saturated heterocycles. The summed E-state index contributed by atoms with van der Waals surface area (Å²) < 4.78 is 0. The monoisotopic (exact) mass is 288 g/mol. The lowest BCUT2D eigenvalue weighted by Gasteiger charge is -2.21. The molecule has 1 fully saturated rings. The summed E-state index contributed by atoms with van der Waals surface area (Å²) in [5.74, 6) is -0.931. The summed E-state index contributed by atoms with van der Waals surface area (Å²) >= 11 is 0. The molecule has 1 aliphatic carbocycles. The predicted molar refractivity (Wildman–Crippen MR) is 82.3 cm³/mol. The van der Waals surface area contributed by atoms with E-state index >= 15 is 0 Å². The molecule has 1 aromatic carbocycles. The van der Waals surface area contributed by atoms with E-state index in [-0.39, 0.29) is 5.91 Å². The van der Waals surface area contributed by atoms with Crippen LogP contribution in [0.5, 0.6) is 0 Å². The lowest BCUT2D eigenvalue weighted by atomic mass is 10.1. The van der Waals surface area contributed by atoms with Gasteiger partial charge in [0.1, 0.15) is 0 Å². The van der Waals surface area contributed by atoms with Crippen LogP contribution in [-0.4, -0.2) is 36.6 Å². The average molecular weight is 288 g/mol. The maximum Gasteiger partial charge on any atom is 0.328 e. The fourth-order valence-electron chi connectivity index (χ4n) is 2.18. The first kappa shape index (κ1) is 15.1. The van der Waals surface area contributed by atoms with E-state index in [0.717, 1.165) is 35.7 Å². The average Bonchev–Trinajstić information content (AvgIpc) is 3.19. The van der Waals surface area contributed by atoms with Crippen molar-refractivity contribution < 1.29 is 14.7 Å². The van der Waals surface area contributed by atoms with E-state index in [1.54, 1.807) is 6.08 Å². The van der Waals surface area contributed by atoms with Crippen LogP contribution in [0.1, 0.15) is 24.0 Å². The van der Waals surface area contributed by atoms with Gasteiger partial charge < -0.3 is 15.3 Å². The largest absolute Gasteiger partial charge is 0.478 e. The van der Waals surface area contributed by atoms with Gasteiger partial charge >= 0.3 is 5.97 Å². The molecule has 0 bridgehead atoms. The van der Waals surface area contributed by atoms with Crippen LogP contribution in [0, 0.1) is 6.92 Å². The van der Waals surface area contributed by atoms with Gasteiger partial charge in [-0.25, -0.2) is 4.79 Å². The highest BCUT2D eigenvalue weighted by Crippen LogP contribution is 2.21. The van der Waals surface area contributed by atoms with Crippen molar-refractivity contribution in [2.24, 2.45) is 0 Å². The molecule has 0 spiro atoms. The summed E-state index contributed by atoms with van der Waals surface area (Å²) in [5.41, 5.74) is 2.80. The highest BCUT2D eigenvalue weighted by atomic mass is 16.4. The number of aliphatic carboxylic acids is 1. The zero-order valence-corrected chi connectivity index (χ0v) is 12.3. The molecule has 0 aliphatic heterocycles. The molecule has 5 nitrogen and oxygen atoms in total. The van der Waals surface area contributed by atoms with Crippen LogP contribution in [0.4, 0.5) is 5.69 Å².